The first-order valence-corrected chi connectivity index (χ1v) is 8.57. The van der Waals surface area contributed by atoms with E-state index >= 15 is 0 Å². The Morgan fingerprint density at radius 2 is 1.05 bits per heavy atom. The molecule has 0 rings (SSSR count). The maximum absolute atomic E-state index is 4.07. The van der Waals surface area contributed by atoms with E-state index in [1.54, 1.807) is 0 Å². The molecule has 0 aliphatic heterocycles. The van der Waals surface area contributed by atoms with Gasteiger partial charge in [0.15, 0.2) is 0 Å². The molecule has 1 heteroatoms. The Balaban J connectivity index is 0. The van der Waals surface area contributed by atoms with Crippen LogP contribution in [-0.4, -0.2) is 0 Å². The van der Waals surface area contributed by atoms with Gasteiger partial charge in [0.05, 0.1) is 0 Å². The fourth-order valence-corrected chi connectivity index (χ4v) is 3.00. The van der Waals surface area contributed by atoms with Crippen molar-refractivity contribution >= 4 is 0 Å². The van der Waals surface area contributed by atoms with Gasteiger partial charge in [-0.2, -0.15) is 6.42 Å². The van der Waals surface area contributed by atoms with Crippen LogP contribution in [0.2, 0.25) is 0 Å². The minimum absolute atomic E-state index is 0. The summed E-state index contributed by atoms with van der Waals surface area (Å²) in [6, 6.07) is 0. The van der Waals surface area contributed by atoms with E-state index in [1.165, 1.54) is 70.6 Å². The summed E-state index contributed by atoms with van der Waals surface area (Å²) in [5.74, 6) is 1.96. The predicted octanol–water partition coefficient (Wildman–Crippen LogP) is 3.80. The van der Waals surface area contributed by atoms with Crippen molar-refractivity contribution in [1.82, 2.24) is 0 Å². The van der Waals surface area contributed by atoms with Crippen LogP contribution in [0, 0.1) is 18.8 Å². The van der Waals surface area contributed by atoms with Gasteiger partial charge in [-0.15, -0.1) is 0 Å². The van der Waals surface area contributed by atoms with E-state index in [-0.39, 0.29) is 29.6 Å². The van der Waals surface area contributed by atoms with Crippen LogP contribution in [-0.2, 0) is 0 Å². The first kappa shape index (κ1) is 22.3. The van der Waals surface area contributed by atoms with Gasteiger partial charge in [0.2, 0.25) is 0 Å². The predicted molar refractivity (Wildman–Crippen MR) is 84.8 cm³/mol. The molecule has 0 bridgehead atoms. The van der Waals surface area contributed by atoms with Gasteiger partial charge in [-0.05, 0) is 18.3 Å². The van der Waals surface area contributed by atoms with Crippen molar-refractivity contribution in [3.05, 3.63) is 6.92 Å². The molecule has 110 valence electrons. The number of hydrogen-bond donors (Lipinski definition) is 0. The summed E-state index contributed by atoms with van der Waals surface area (Å²) in [6.45, 7) is 11.0. The molecule has 0 radical (unpaired) electrons. The molecule has 0 spiro atoms. The molecule has 1 unspecified atom stereocenters. The van der Waals surface area contributed by atoms with E-state index in [1.807, 2.05) is 0 Å². The molecule has 0 fully saturated rings. The SMILES string of the molecule is [CH2-]CCC(CCCC)CC(CCCC)CCCC.[Na+]. The summed E-state index contributed by atoms with van der Waals surface area (Å²) >= 11 is 0. The van der Waals surface area contributed by atoms with Crippen molar-refractivity contribution in [3.63, 3.8) is 0 Å². The fourth-order valence-electron chi connectivity index (χ4n) is 3.00. The van der Waals surface area contributed by atoms with Gasteiger partial charge in [0, 0.05) is 0 Å². The standard InChI is InChI=1S/C18H37.Na/c1-5-9-13-17(12-8-4)16-18(14-10-6-2)15-11-7-3;/h17-18H,4-16H2,1-3H3;/q-1;+1. The number of hydrogen-bond acceptors (Lipinski definition) is 0. The first-order valence-electron chi connectivity index (χ1n) is 8.57. The summed E-state index contributed by atoms with van der Waals surface area (Å²) in [4.78, 5) is 0. The average molecular weight is 276 g/mol. The van der Waals surface area contributed by atoms with E-state index < -0.39 is 0 Å². The molecule has 0 aromatic rings. The van der Waals surface area contributed by atoms with Crippen molar-refractivity contribution < 1.29 is 29.6 Å². The van der Waals surface area contributed by atoms with Crippen molar-refractivity contribution in [1.29, 1.82) is 0 Å². The van der Waals surface area contributed by atoms with Crippen LogP contribution < -0.4 is 29.6 Å². The zero-order valence-electron chi connectivity index (χ0n) is 14.3. The van der Waals surface area contributed by atoms with E-state index in [0.29, 0.717) is 0 Å². The summed E-state index contributed by atoms with van der Waals surface area (Å²) in [7, 11) is 0. The zero-order chi connectivity index (χ0) is 13.6. The molecule has 0 aliphatic rings. The second kappa shape index (κ2) is 17.1. The molecule has 0 saturated carbocycles. The van der Waals surface area contributed by atoms with Gasteiger partial charge < -0.3 is 6.92 Å². The monoisotopic (exact) mass is 276 g/mol. The van der Waals surface area contributed by atoms with E-state index in [0.717, 1.165) is 18.3 Å². The normalized spacial score (nSPS) is 12.5. The van der Waals surface area contributed by atoms with E-state index in [9.17, 15) is 0 Å². The molecule has 0 aliphatic carbocycles. The number of unbranched alkanes of at least 4 members (excludes halogenated alkanes) is 3. The van der Waals surface area contributed by atoms with Crippen molar-refractivity contribution in [3.8, 4) is 0 Å². The maximum atomic E-state index is 4.07. The molecule has 0 aromatic heterocycles. The molecule has 1 atom stereocenters. The maximum Gasteiger partial charge on any atom is 1.00 e. The Labute approximate surface area is 145 Å². The van der Waals surface area contributed by atoms with Crippen LogP contribution >= 0.6 is 0 Å². The molecular weight excluding hydrogens is 239 g/mol. The molecule has 0 amide bonds. The zero-order valence-corrected chi connectivity index (χ0v) is 16.3. The minimum Gasteiger partial charge on any atom is -0.343 e. The quantitative estimate of drug-likeness (QED) is 0.354. The summed E-state index contributed by atoms with van der Waals surface area (Å²) in [5, 5.41) is 0. The van der Waals surface area contributed by atoms with Crippen LogP contribution in [0.25, 0.3) is 0 Å². The van der Waals surface area contributed by atoms with Crippen LogP contribution in [0.1, 0.15) is 97.8 Å². The fraction of sp³-hybridized carbons (Fsp3) is 0.944. The molecule has 0 N–H and O–H groups in total. The molecule has 0 nitrogen and oxygen atoms in total. The van der Waals surface area contributed by atoms with Crippen LogP contribution in [0.5, 0.6) is 0 Å². The minimum atomic E-state index is 0. The summed E-state index contributed by atoms with van der Waals surface area (Å²) in [5.41, 5.74) is 0. The van der Waals surface area contributed by atoms with Crippen molar-refractivity contribution in [2.45, 2.75) is 97.8 Å². The van der Waals surface area contributed by atoms with Gasteiger partial charge >= 0.3 is 29.6 Å². The summed E-state index contributed by atoms with van der Waals surface area (Å²) < 4.78 is 0. The van der Waals surface area contributed by atoms with E-state index in [4.69, 9.17) is 0 Å². The topological polar surface area (TPSA) is 0 Å². The Kier molecular flexibility index (Phi) is 20.0. The van der Waals surface area contributed by atoms with Crippen LogP contribution in [0.3, 0.4) is 0 Å². The average Bonchev–Trinajstić information content (AvgIpc) is 2.39. The smallest absolute Gasteiger partial charge is 0.343 e. The Hall–Kier alpha value is 1.00. The molecular formula is C18H37Na. The van der Waals surface area contributed by atoms with Gasteiger partial charge in [-0.25, -0.2) is 0 Å². The van der Waals surface area contributed by atoms with Crippen molar-refractivity contribution in [2.75, 3.05) is 0 Å². The van der Waals surface area contributed by atoms with Gasteiger partial charge in [-0.1, -0.05) is 85.0 Å². The molecule has 19 heavy (non-hydrogen) atoms. The van der Waals surface area contributed by atoms with E-state index in [2.05, 4.69) is 27.7 Å². The van der Waals surface area contributed by atoms with Crippen molar-refractivity contribution in [2.24, 2.45) is 11.8 Å². The largest absolute Gasteiger partial charge is 1.00 e. The van der Waals surface area contributed by atoms with Crippen LogP contribution in [0.15, 0.2) is 0 Å². The van der Waals surface area contributed by atoms with Gasteiger partial charge in [-0.3, -0.25) is 0 Å². The Bertz CT molecular complexity index is 148. The second-order valence-electron chi connectivity index (χ2n) is 6.04. The molecule has 0 heterocycles. The second-order valence-corrected chi connectivity index (χ2v) is 6.04. The van der Waals surface area contributed by atoms with Crippen LogP contribution in [0.4, 0.5) is 0 Å². The third-order valence-corrected chi connectivity index (χ3v) is 4.18. The Morgan fingerprint density at radius 3 is 1.37 bits per heavy atom. The Morgan fingerprint density at radius 1 is 0.684 bits per heavy atom. The third kappa shape index (κ3) is 13.7. The molecule has 0 aromatic carbocycles. The number of rotatable bonds is 13. The molecule has 0 saturated heterocycles. The third-order valence-electron chi connectivity index (χ3n) is 4.18. The first-order chi connectivity index (χ1) is 8.78. The summed E-state index contributed by atoms with van der Waals surface area (Å²) in [6.07, 6.45) is 16.7. The van der Waals surface area contributed by atoms with Gasteiger partial charge in [0.1, 0.15) is 0 Å². The van der Waals surface area contributed by atoms with Gasteiger partial charge in [0.25, 0.3) is 0 Å².